The summed E-state index contributed by atoms with van der Waals surface area (Å²) < 4.78 is 2.34. The number of hydrogen-bond acceptors (Lipinski definition) is 1. The van der Waals surface area contributed by atoms with Crippen molar-refractivity contribution in [1.29, 1.82) is 0 Å². The Hall–Kier alpha value is -0.790. The molecule has 0 aliphatic heterocycles. The number of rotatable bonds is 7. The van der Waals surface area contributed by atoms with E-state index >= 15 is 0 Å². The zero-order valence-corrected chi connectivity index (χ0v) is 10.4. The van der Waals surface area contributed by atoms with Gasteiger partial charge in [0.1, 0.15) is 0 Å². The van der Waals surface area contributed by atoms with Crippen LogP contribution >= 0.6 is 0 Å². The molecule has 0 N–H and O–H groups in total. The van der Waals surface area contributed by atoms with Gasteiger partial charge in [-0.1, -0.05) is 33.6 Å². The second kappa shape index (κ2) is 6.65. The highest BCUT2D eigenvalue weighted by atomic mass is 15.1. The quantitative estimate of drug-likeness (QED) is 0.669. The average Bonchev–Trinajstić information content (AvgIpc) is 2.60. The fourth-order valence-electron chi connectivity index (χ4n) is 1.96. The molecule has 1 rings (SSSR count). The van der Waals surface area contributed by atoms with Gasteiger partial charge in [0.05, 0.1) is 12.0 Å². The summed E-state index contributed by atoms with van der Waals surface area (Å²) in [6, 6.07) is 0. The molecule has 1 heterocycles. The van der Waals surface area contributed by atoms with E-state index in [1.165, 1.54) is 43.5 Å². The minimum Gasteiger partial charge on any atom is -0.334 e. The number of hydrogen-bond donors (Lipinski definition) is 0. The SMILES string of the molecule is CCCCc1ncn(CCC)c1CCC. The molecule has 0 atom stereocenters. The van der Waals surface area contributed by atoms with E-state index < -0.39 is 0 Å². The van der Waals surface area contributed by atoms with E-state index in [-0.39, 0.29) is 0 Å². The van der Waals surface area contributed by atoms with E-state index in [9.17, 15) is 0 Å². The minimum atomic E-state index is 1.12. The van der Waals surface area contributed by atoms with E-state index in [0.29, 0.717) is 0 Å². The van der Waals surface area contributed by atoms with Crippen LogP contribution in [0.4, 0.5) is 0 Å². The monoisotopic (exact) mass is 208 g/mol. The van der Waals surface area contributed by atoms with Crippen LogP contribution in [0.1, 0.15) is 57.8 Å². The number of nitrogens with zero attached hydrogens (tertiary/aromatic N) is 2. The van der Waals surface area contributed by atoms with Crippen molar-refractivity contribution >= 4 is 0 Å². The molecule has 0 amide bonds. The van der Waals surface area contributed by atoms with E-state index in [0.717, 1.165) is 13.0 Å². The molecule has 1 aromatic heterocycles. The average molecular weight is 208 g/mol. The number of aryl methyl sites for hydroxylation is 2. The van der Waals surface area contributed by atoms with Gasteiger partial charge in [0.25, 0.3) is 0 Å². The maximum absolute atomic E-state index is 4.55. The molecule has 15 heavy (non-hydrogen) atoms. The summed E-state index contributed by atoms with van der Waals surface area (Å²) in [5, 5.41) is 0. The smallest absolute Gasteiger partial charge is 0.0951 e. The Labute approximate surface area is 93.7 Å². The van der Waals surface area contributed by atoms with Gasteiger partial charge in [-0.25, -0.2) is 4.98 Å². The molecule has 1 aromatic rings. The first-order valence-corrected chi connectivity index (χ1v) is 6.36. The van der Waals surface area contributed by atoms with Gasteiger partial charge in [0, 0.05) is 12.2 Å². The van der Waals surface area contributed by atoms with Crippen molar-refractivity contribution in [2.45, 2.75) is 65.8 Å². The van der Waals surface area contributed by atoms with Gasteiger partial charge in [-0.15, -0.1) is 0 Å². The van der Waals surface area contributed by atoms with Crippen LogP contribution in [0.2, 0.25) is 0 Å². The number of unbranched alkanes of at least 4 members (excludes halogenated alkanes) is 1. The lowest BCUT2D eigenvalue weighted by Crippen LogP contribution is -2.03. The molecule has 0 saturated heterocycles. The first-order valence-electron chi connectivity index (χ1n) is 6.36. The molecule has 0 spiro atoms. The van der Waals surface area contributed by atoms with Crippen molar-refractivity contribution in [1.82, 2.24) is 9.55 Å². The summed E-state index contributed by atoms with van der Waals surface area (Å²) in [6.07, 6.45) is 9.29. The number of imidazole rings is 1. The molecule has 86 valence electrons. The lowest BCUT2D eigenvalue weighted by Gasteiger charge is -2.07. The molecule has 2 nitrogen and oxygen atoms in total. The molecule has 0 radical (unpaired) electrons. The predicted molar refractivity (Wildman–Crippen MR) is 65.1 cm³/mol. The Morgan fingerprint density at radius 2 is 1.87 bits per heavy atom. The van der Waals surface area contributed by atoms with Crippen LogP contribution in [0.3, 0.4) is 0 Å². The van der Waals surface area contributed by atoms with Crippen molar-refractivity contribution in [2.75, 3.05) is 0 Å². The highest BCUT2D eigenvalue weighted by Gasteiger charge is 2.08. The molecule has 0 unspecified atom stereocenters. The molecular weight excluding hydrogens is 184 g/mol. The standard InChI is InChI=1S/C13H24N2/c1-4-7-9-12-13(8-5-2)15(10-6-3)11-14-12/h11H,4-10H2,1-3H3. The Morgan fingerprint density at radius 3 is 2.47 bits per heavy atom. The van der Waals surface area contributed by atoms with Crippen LogP contribution in [0.5, 0.6) is 0 Å². The van der Waals surface area contributed by atoms with Gasteiger partial charge < -0.3 is 4.57 Å². The first-order chi connectivity index (χ1) is 7.33. The van der Waals surface area contributed by atoms with Crippen molar-refractivity contribution in [3.05, 3.63) is 17.7 Å². The molecule has 0 aliphatic rings. The van der Waals surface area contributed by atoms with Gasteiger partial charge in [-0.2, -0.15) is 0 Å². The van der Waals surface area contributed by atoms with Crippen LogP contribution in [-0.2, 0) is 19.4 Å². The third-order valence-electron chi connectivity index (χ3n) is 2.75. The van der Waals surface area contributed by atoms with E-state index in [1.807, 2.05) is 6.33 Å². The summed E-state index contributed by atoms with van der Waals surface area (Å²) >= 11 is 0. The topological polar surface area (TPSA) is 17.8 Å². The molecule has 0 aliphatic carbocycles. The van der Waals surface area contributed by atoms with Crippen LogP contribution in [0.25, 0.3) is 0 Å². The summed E-state index contributed by atoms with van der Waals surface area (Å²) in [4.78, 5) is 4.55. The summed E-state index contributed by atoms with van der Waals surface area (Å²) in [6.45, 7) is 7.82. The second-order valence-corrected chi connectivity index (χ2v) is 4.18. The predicted octanol–water partition coefficient (Wildman–Crippen LogP) is 3.59. The fraction of sp³-hybridized carbons (Fsp3) is 0.769. The molecular formula is C13H24N2. The Balaban J connectivity index is 2.75. The lowest BCUT2D eigenvalue weighted by atomic mass is 10.1. The van der Waals surface area contributed by atoms with Crippen molar-refractivity contribution in [3.63, 3.8) is 0 Å². The van der Waals surface area contributed by atoms with E-state index in [2.05, 4.69) is 30.3 Å². The normalized spacial score (nSPS) is 10.9. The molecule has 0 aromatic carbocycles. The third-order valence-corrected chi connectivity index (χ3v) is 2.75. The Morgan fingerprint density at radius 1 is 1.07 bits per heavy atom. The van der Waals surface area contributed by atoms with Crippen LogP contribution in [0.15, 0.2) is 6.33 Å². The molecule has 0 fully saturated rings. The van der Waals surface area contributed by atoms with E-state index in [4.69, 9.17) is 0 Å². The van der Waals surface area contributed by atoms with Crippen LogP contribution in [-0.4, -0.2) is 9.55 Å². The highest BCUT2D eigenvalue weighted by Crippen LogP contribution is 2.13. The van der Waals surface area contributed by atoms with Crippen molar-refractivity contribution in [3.8, 4) is 0 Å². The zero-order chi connectivity index (χ0) is 11.1. The maximum atomic E-state index is 4.55. The Bertz CT molecular complexity index is 276. The molecule has 0 bridgehead atoms. The number of aromatic nitrogens is 2. The largest absolute Gasteiger partial charge is 0.334 e. The second-order valence-electron chi connectivity index (χ2n) is 4.18. The lowest BCUT2D eigenvalue weighted by molar-refractivity contribution is 0.634. The van der Waals surface area contributed by atoms with Crippen LogP contribution < -0.4 is 0 Å². The highest BCUT2D eigenvalue weighted by molar-refractivity contribution is 5.13. The summed E-state index contributed by atoms with van der Waals surface area (Å²) in [7, 11) is 0. The Kier molecular flexibility index (Phi) is 5.44. The fourth-order valence-corrected chi connectivity index (χ4v) is 1.96. The summed E-state index contributed by atoms with van der Waals surface area (Å²) in [5.74, 6) is 0. The van der Waals surface area contributed by atoms with Gasteiger partial charge >= 0.3 is 0 Å². The zero-order valence-electron chi connectivity index (χ0n) is 10.4. The van der Waals surface area contributed by atoms with Gasteiger partial charge in [0.2, 0.25) is 0 Å². The van der Waals surface area contributed by atoms with Gasteiger partial charge in [-0.3, -0.25) is 0 Å². The van der Waals surface area contributed by atoms with Crippen LogP contribution in [0, 0.1) is 0 Å². The van der Waals surface area contributed by atoms with E-state index in [1.54, 1.807) is 0 Å². The minimum absolute atomic E-state index is 1.12. The van der Waals surface area contributed by atoms with Gasteiger partial charge in [-0.05, 0) is 25.7 Å². The molecule has 0 saturated carbocycles. The van der Waals surface area contributed by atoms with Crippen molar-refractivity contribution < 1.29 is 0 Å². The van der Waals surface area contributed by atoms with Crippen molar-refractivity contribution in [2.24, 2.45) is 0 Å². The third kappa shape index (κ3) is 3.37. The first kappa shape index (κ1) is 12.3. The van der Waals surface area contributed by atoms with Gasteiger partial charge in [0.15, 0.2) is 0 Å². The summed E-state index contributed by atoms with van der Waals surface area (Å²) in [5.41, 5.74) is 2.82. The maximum Gasteiger partial charge on any atom is 0.0951 e. The molecule has 2 heteroatoms.